The summed E-state index contributed by atoms with van der Waals surface area (Å²) >= 11 is 0. The van der Waals surface area contributed by atoms with Crippen molar-refractivity contribution in [3.8, 4) is 5.75 Å². The van der Waals surface area contributed by atoms with Crippen LogP contribution in [0.1, 0.15) is 22.3 Å². The van der Waals surface area contributed by atoms with Crippen molar-refractivity contribution >= 4 is 27.3 Å². The van der Waals surface area contributed by atoms with Gasteiger partial charge in [-0.3, -0.25) is 9.10 Å². The van der Waals surface area contributed by atoms with Crippen LogP contribution >= 0.6 is 0 Å². The quantitative estimate of drug-likeness (QED) is 0.910. The smallest absolute Gasteiger partial charge is 0.255 e. The molecule has 132 valence electrons. The van der Waals surface area contributed by atoms with Gasteiger partial charge in [0.25, 0.3) is 5.91 Å². The van der Waals surface area contributed by atoms with Crippen LogP contribution in [0.3, 0.4) is 0 Å². The molecule has 25 heavy (non-hydrogen) atoms. The summed E-state index contributed by atoms with van der Waals surface area (Å²) in [6.45, 7) is 2.41. The summed E-state index contributed by atoms with van der Waals surface area (Å²) < 4.78 is 30.6. The first-order valence-corrected chi connectivity index (χ1v) is 9.58. The lowest BCUT2D eigenvalue weighted by Gasteiger charge is -2.17. The molecule has 0 aliphatic carbocycles. The number of aryl methyl sites for hydroxylation is 1. The number of carbonyl (C=O) groups excluding carboxylic acids is 1. The topological polar surface area (TPSA) is 75.7 Å². The molecule has 1 saturated heterocycles. The van der Waals surface area contributed by atoms with Gasteiger partial charge in [-0.2, -0.15) is 0 Å². The van der Waals surface area contributed by atoms with Crippen molar-refractivity contribution in [2.24, 2.45) is 0 Å². The van der Waals surface area contributed by atoms with Crippen molar-refractivity contribution in [2.45, 2.75) is 13.3 Å². The Morgan fingerprint density at radius 3 is 2.48 bits per heavy atom. The molecule has 0 radical (unpaired) electrons. The minimum Gasteiger partial charge on any atom is -0.495 e. The average molecular weight is 360 g/mol. The number of benzene rings is 2. The number of carbonyl (C=O) groups is 1. The molecule has 1 heterocycles. The van der Waals surface area contributed by atoms with Crippen LogP contribution in [-0.2, 0) is 10.0 Å². The van der Waals surface area contributed by atoms with Crippen LogP contribution in [0.2, 0.25) is 0 Å². The molecule has 6 nitrogen and oxygen atoms in total. The molecule has 7 heteroatoms. The number of hydrogen-bond acceptors (Lipinski definition) is 4. The standard InChI is InChI=1S/C18H20N2O4S/c1-13-4-9-17(24-2)16(12-13)19-18(21)14-5-7-15(8-6-14)20-10-3-11-25(20,22)23/h4-9,12H,3,10-11H2,1-2H3,(H,19,21). The van der Waals surface area contributed by atoms with E-state index in [4.69, 9.17) is 4.74 Å². The predicted molar refractivity (Wildman–Crippen MR) is 97.9 cm³/mol. The third-order valence-corrected chi connectivity index (χ3v) is 5.99. The van der Waals surface area contributed by atoms with E-state index in [0.29, 0.717) is 35.7 Å². The zero-order valence-corrected chi connectivity index (χ0v) is 15.0. The van der Waals surface area contributed by atoms with Crippen molar-refractivity contribution in [1.29, 1.82) is 0 Å². The molecule has 1 fully saturated rings. The average Bonchev–Trinajstić information content (AvgIpc) is 2.94. The van der Waals surface area contributed by atoms with Crippen LogP contribution in [0, 0.1) is 6.92 Å². The van der Waals surface area contributed by atoms with Gasteiger partial charge in [-0.05, 0) is 55.3 Å². The molecule has 1 aliphatic rings. The Morgan fingerprint density at radius 1 is 1.16 bits per heavy atom. The maximum atomic E-state index is 12.5. The number of sulfonamides is 1. The second-order valence-corrected chi connectivity index (χ2v) is 7.96. The van der Waals surface area contributed by atoms with Crippen molar-refractivity contribution < 1.29 is 17.9 Å². The summed E-state index contributed by atoms with van der Waals surface area (Å²) in [5, 5.41) is 2.83. The third kappa shape index (κ3) is 3.61. The Morgan fingerprint density at radius 2 is 1.88 bits per heavy atom. The highest BCUT2D eigenvalue weighted by atomic mass is 32.2. The molecule has 1 aliphatic heterocycles. The van der Waals surface area contributed by atoms with Crippen LogP contribution in [0.4, 0.5) is 11.4 Å². The first kappa shape index (κ1) is 17.3. The van der Waals surface area contributed by atoms with E-state index in [1.807, 2.05) is 19.1 Å². The Kier molecular flexibility index (Phi) is 4.67. The molecule has 1 N–H and O–H groups in total. The number of amides is 1. The van der Waals surface area contributed by atoms with Crippen LogP contribution in [0.25, 0.3) is 0 Å². The van der Waals surface area contributed by atoms with Crippen molar-refractivity contribution in [3.05, 3.63) is 53.6 Å². The van der Waals surface area contributed by atoms with Crippen LogP contribution in [0.5, 0.6) is 5.75 Å². The number of ether oxygens (including phenoxy) is 1. The van der Waals surface area contributed by atoms with Gasteiger partial charge in [0.05, 0.1) is 24.2 Å². The second kappa shape index (κ2) is 6.76. The highest BCUT2D eigenvalue weighted by molar-refractivity contribution is 7.93. The molecular formula is C18H20N2O4S. The second-order valence-electron chi connectivity index (χ2n) is 5.95. The van der Waals surface area contributed by atoms with Crippen LogP contribution in [0.15, 0.2) is 42.5 Å². The lowest BCUT2D eigenvalue weighted by molar-refractivity contribution is 0.102. The first-order chi connectivity index (χ1) is 11.9. The van der Waals surface area contributed by atoms with E-state index in [1.165, 1.54) is 4.31 Å². The molecule has 0 bridgehead atoms. The fourth-order valence-electron chi connectivity index (χ4n) is 2.82. The Balaban J connectivity index is 1.79. The first-order valence-electron chi connectivity index (χ1n) is 7.97. The van der Waals surface area contributed by atoms with Crippen LogP contribution in [-0.4, -0.2) is 33.7 Å². The molecule has 0 atom stereocenters. The van der Waals surface area contributed by atoms with Gasteiger partial charge in [0.15, 0.2) is 0 Å². The minimum absolute atomic E-state index is 0.169. The van der Waals surface area contributed by atoms with E-state index in [-0.39, 0.29) is 11.7 Å². The van der Waals surface area contributed by atoms with Gasteiger partial charge in [-0.15, -0.1) is 0 Å². The highest BCUT2D eigenvalue weighted by Crippen LogP contribution is 2.27. The number of methoxy groups -OCH3 is 1. The molecule has 1 amide bonds. The summed E-state index contributed by atoms with van der Waals surface area (Å²) in [5.74, 6) is 0.473. The summed E-state index contributed by atoms with van der Waals surface area (Å²) in [5.41, 5.74) is 2.63. The van der Waals surface area contributed by atoms with E-state index in [2.05, 4.69) is 5.32 Å². The summed E-state index contributed by atoms with van der Waals surface area (Å²) in [6.07, 6.45) is 0.623. The number of anilines is 2. The predicted octanol–water partition coefficient (Wildman–Crippen LogP) is 2.80. The molecule has 2 aromatic carbocycles. The Labute approximate surface area is 147 Å². The van der Waals surface area contributed by atoms with Crippen molar-refractivity contribution in [2.75, 3.05) is 29.0 Å². The monoisotopic (exact) mass is 360 g/mol. The maximum absolute atomic E-state index is 12.5. The summed E-state index contributed by atoms with van der Waals surface area (Å²) in [6, 6.07) is 12.1. The third-order valence-electron chi connectivity index (χ3n) is 4.12. The van der Waals surface area contributed by atoms with Gasteiger partial charge in [-0.25, -0.2) is 8.42 Å². The van der Waals surface area contributed by atoms with E-state index >= 15 is 0 Å². The normalized spacial score (nSPS) is 15.8. The maximum Gasteiger partial charge on any atom is 0.255 e. The van der Waals surface area contributed by atoms with Gasteiger partial charge >= 0.3 is 0 Å². The molecule has 0 unspecified atom stereocenters. The fraction of sp³-hybridized carbons (Fsp3) is 0.278. The largest absolute Gasteiger partial charge is 0.495 e. The zero-order valence-electron chi connectivity index (χ0n) is 14.2. The van der Waals surface area contributed by atoms with Gasteiger partial charge < -0.3 is 10.1 Å². The molecule has 0 spiro atoms. The minimum atomic E-state index is -3.22. The highest BCUT2D eigenvalue weighted by Gasteiger charge is 2.28. The molecule has 0 saturated carbocycles. The summed E-state index contributed by atoms with van der Waals surface area (Å²) in [4.78, 5) is 12.5. The lowest BCUT2D eigenvalue weighted by Crippen LogP contribution is -2.25. The van der Waals surface area contributed by atoms with Crippen molar-refractivity contribution in [3.63, 3.8) is 0 Å². The molecular weight excluding hydrogens is 340 g/mol. The molecule has 2 aromatic rings. The van der Waals surface area contributed by atoms with E-state index < -0.39 is 10.0 Å². The van der Waals surface area contributed by atoms with Crippen LogP contribution < -0.4 is 14.4 Å². The number of hydrogen-bond donors (Lipinski definition) is 1. The lowest BCUT2D eigenvalue weighted by atomic mass is 10.1. The molecule has 0 aromatic heterocycles. The van der Waals surface area contributed by atoms with E-state index in [9.17, 15) is 13.2 Å². The van der Waals surface area contributed by atoms with E-state index in [0.717, 1.165) is 5.56 Å². The summed E-state index contributed by atoms with van der Waals surface area (Å²) in [7, 11) is -1.67. The van der Waals surface area contributed by atoms with Gasteiger partial charge in [-0.1, -0.05) is 6.07 Å². The Hall–Kier alpha value is -2.54. The fourth-order valence-corrected chi connectivity index (χ4v) is 4.39. The number of nitrogens with one attached hydrogen (secondary N) is 1. The zero-order chi connectivity index (χ0) is 18.0. The van der Waals surface area contributed by atoms with Gasteiger partial charge in [0, 0.05) is 12.1 Å². The van der Waals surface area contributed by atoms with E-state index in [1.54, 1.807) is 37.4 Å². The van der Waals surface area contributed by atoms with Gasteiger partial charge in [0.2, 0.25) is 10.0 Å². The van der Waals surface area contributed by atoms with Crippen molar-refractivity contribution in [1.82, 2.24) is 0 Å². The number of rotatable bonds is 4. The number of nitrogens with zero attached hydrogens (tertiary/aromatic N) is 1. The Bertz CT molecular complexity index is 892. The molecule has 3 rings (SSSR count). The SMILES string of the molecule is COc1ccc(C)cc1NC(=O)c1ccc(N2CCCS2(=O)=O)cc1. The van der Waals surface area contributed by atoms with Gasteiger partial charge in [0.1, 0.15) is 5.75 Å².